The zero-order valence-corrected chi connectivity index (χ0v) is 10.4. The van der Waals surface area contributed by atoms with Gasteiger partial charge in [-0.25, -0.2) is 4.39 Å². The molecular weight excluding hydrogens is 237 g/mol. The second-order valence-electron chi connectivity index (χ2n) is 4.47. The highest BCUT2D eigenvalue weighted by Gasteiger charge is 2.15. The van der Waals surface area contributed by atoms with Crippen molar-refractivity contribution in [2.24, 2.45) is 11.7 Å². The van der Waals surface area contributed by atoms with Crippen molar-refractivity contribution in [2.75, 3.05) is 6.61 Å². The first-order valence-electron chi connectivity index (χ1n) is 5.89. The topological polar surface area (TPSA) is 35.2 Å². The zero-order valence-electron chi connectivity index (χ0n) is 9.62. The van der Waals surface area contributed by atoms with Crippen molar-refractivity contribution >= 4 is 17.2 Å². The van der Waals surface area contributed by atoms with Crippen LogP contribution in [0.1, 0.15) is 31.2 Å². The van der Waals surface area contributed by atoms with Gasteiger partial charge in [0.1, 0.15) is 16.6 Å². The van der Waals surface area contributed by atoms with E-state index in [1.165, 1.54) is 31.7 Å². The molecule has 1 aliphatic rings. The molecule has 0 radical (unpaired) electrons. The summed E-state index contributed by atoms with van der Waals surface area (Å²) in [5.74, 6) is 0.754. The Labute approximate surface area is 106 Å². The third-order valence-corrected chi connectivity index (χ3v) is 3.39. The molecule has 1 saturated carbocycles. The van der Waals surface area contributed by atoms with Gasteiger partial charge in [0.05, 0.1) is 6.61 Å². The first-order valence-corrected chi connectivity index (χ1v) is 6.30. The van der Waals surface area contributed by atoms with E-state index in [0.717, 1.165) is 0 Å². The van der Waals surface area contributed by atoms with E-state index in [2.05, 4.69) is 0 Å². The lowest BCUT2D eigenvalue weighted by atomic mass is 10.1. The van der Waals surface area contributed by atoms with Gasteiger partial charge in [0.25, 0.3) is 0 Å². The summed E-state index contributed by atoms with van der Waals surface area (Å²) in [6.45, 7) is 0.672. The van der Waals surface area contributed by atoms with Gasteiger partial charge in [0.15, 0.2) is 0 Å². The quantitative estimate of drug-likeness (QED) is 0.838. The van der Waals surface area contributed by atoms with Crippen LogP contribution in [0.4, 0.5) is 4.39 Å². The van der Waals surface area contributed by atoms with Crippen molar-refractivity contribution in [3.8, 4) is 5.75 Å². The smallest absolute Gasteiger partial charge is 0.137 e. The maximum Gasteiger partial charge on any atom is 0.137 e. The summed E-state index contributed by atoms with van der Waals surface area (Å²) in [4.78, 5) is 0.0739. The van der Waals surface area contributed by atoms with E-state index in [4.69, 9.17) is 22.7 Å². The standard InChI is InChI=1S/C13H16FNOS/c14-12-7-10(5-6-11(12)13(15)17)16-8-9-3-1-2-4-9/h5-7,9H,1-4,8H2,(H2,15,17). The number of hydrogen-bond acceptors (Lipinski definition) is 2. The Morgan fingerprint density at radius 1 is 1.41 bits per heavy atom. The number of hydrogen-bond donors (Lipinski definition) is 1. The van der Waals surface area contributed by atoms with Gasteiger partial charge < -0.3 is 10.5 Å². The first-order chi connectivity index (χ1) is 8.16. The minimum absolute atomic E-state index is 0.0739. The Morgan fingerprint density at radius 3 is 2.71 bits per heavy atom. The van der Waals surface area contributed by atoms with Gasteiger partial charge in [-0.3, -0.25) is 0 Å². The van der Waals surface area contributed by atoms with Crippen molar-refractivity contribution in [1.29, 1.82) is 0 Å². The highest BCUT2D eigenvalue weighted by atomic mass is 32.1. The number of benzene rings is 1. The summed E-state index contributed by atoms with van der Waals surface area (Å²) >= 11 is 4.74. The molecule has 0 unspecified atom stereocenters. The molecule has 2 N–H and O–H groups in total. The first kappa shape index (κ1) is 12.3. The van der Waals surface area contributed by atoms with Gasteiger partial charge in [-0.1, -0.05) is 25.1 Å². The van der Waals surface area contributed by atoms with Gasteiger partial charge in [-0.05, 0) is 30.9 Å². The molecule has 0 aromatic heterocycles. The number of rotatable bonds is 4. The van der Waals surface area contributed by atoms with Crippen LogP contribution < -0.4 is 10.5 Å². The molecule has 1 aliphatic carbocycles. The van der Waals surface area contributed by atoms with Crippen LogP contribution in [0.2, 0.25) is 0 Å². The molecular formula is C13H16FNOS. The molecule has 0 heterocycles. The molecule has 4 heteroatoms. The van der Waals surface area contributed by atoms with Crippen LogP contribution in [0.5, 0.6) is 5.75 Å². The van der Waals surface area contributed by atoms with Crippen molar-refractivity contribution in [1.82, 2.24) is 0 Å². The van der Waals surface area contributed by atoms with Crippen molar-refractivity contribution < 1.29 is 9.13 Å². The van der Waals surface area contributed by atoms with E-state index < -0.39 is 5.82 Å². The molecule has 1 aromatic rings. The molecule has 0 atom stereocenters. The molecule has 2 rings (SSSR count). The molecule has 0 aliphatic heterocycles. The summed E-state index contributed by atoms with van der Waals surface area (Å²) in [6, 6.07) is 4.64. The van der Waals surface area contributed by atoms with E-state index in [9.17, 15) is 4.39 Å². The fourth-order valence-electron chi connectivity index (χ4n) is 2.18. The van der Waals surface area contributed by atoms with Crippen molar-refractivity contribution in [3.63, 3.8) is 0 Å². The average Bonchev–Trinajstić information content (AvgIpc) is 2.78. The van der Waals surface area contributed by atoms with Crippen molar-refractivity contribution in [3.05, 3.63) is 29.6 Å². The predicted molar refractivity (Wildman–Crippen MR) is 69.7 cm³/mol. The van der Waals surface area contributed by atoms with Gasteiger partial charge in [-0.15, -0.1) is 0 Å². The fraction of sp³-hybridized carbons (Fsp3) is 0.462. The van der Waals surface area contributed by atoms with Crippen LogP contribution in [0.25, 0.3) is 0 Å². The van der Waals surface area contributed by atoms with E-state index >= 15 is 0 Å². The van der Waals surface area contributed by atoms with Gasteiger partial charge in [0, 0.05) is 11.6 Å². The van der Waals surface area contributed by atoms with E-state index in [1.807, 2.05) is 0 Å². The van der Waals surface area contributed by atoms with Crippen LogP contribution in [0, 0.1) is 11.7 Å². The highest BCUT2D eigenvalue weighted by Crippen LogP contribution is 2.26. The average molecular weight is 253 g/mol. The molecule has 0 saturated heterocycles. The number of ether oxygens (including phenoxy) is 1. The van der Waals surface area contributed by atoms with Crippen LogP contribution in [0.15, 0.2) is 18.2 Å². The van der Waals surface area contributed by atoms with Gasteiger partial charge in [0.2, 0.25) is 0 Å². The maximum atomic E-state index is 13.6. The minimum atomic E-state index is -0.415. The third-order valence-electron chi connectivity index (χ3n) is 3.17. The Hall–Kier alpha value is -1.16. The van der Waals surface area contributed by atoms with Crippen LogP contribution in [-0.4, -0.2) is 11.6 Å². The molecule has 92 valence electrons. The lowest BCUT2D eigenvalue weighted by molar-refractivity contribution is 0.251. The Balaban J connectivity index is 1.97. The molecule has 1 aromatic carbocycles. The Morgan fingerprint density at radius 2 is 2.12 bits per heavy atom. The third kappa shape index (κ3) is 3.16. The van der Waals surface area contributed by atoms with Gasteiger partial charge >= 0.3 is 0 Å². The number of nitrogens with two attached hydrogens (primary N) is 1. The zero-order chi connectivity index (χ0) is 12.3. The summed E-state index contributed by atoms with van der Waals surface area (Å²) in [5.41, 5.74) is 5.66. The monoisotopic (exact) mass is 253 g/mol. The molecule has 0 bridgehead atoms. The SMILES string of the molecule is NC(=S)c1ccc(OCC2CCCC2)cc1F. The van der Waals surface area contributed by atoms with Crippen molar-refractivity contribution in [2.45, 2.75) is 25.7 Å². The summed E-state index contributed by atoms with van der Waals surface area (Å²) < 4.78 is 19.1. The second kappa shape index (κ2) is 5.45. The van der Waals surface area contributed by atoms with E-state index in [-0.39, 0.29) is 10.6 Å². The summed E-state index contributed by atoms with van der Waals surface area (Å²) in [6.07, 6.45) is 4.99. The molecule has 0 amide bonds. The lowest BCUT2D eigenvalue weighted by Crippen LogP contribution is -2.12. The Kier molecular flexibility index (Phi) is 3.94. The molecule has 0 spiro atoms. The molecule has 17 heavy (non-hydrogen) atoms. The second-order valence-corrected chi connectivity index (χ2v) is 4.91. The summed E-state index contributed by atoms with van der Waals surface area (Å²) in [7, 11) is 0. The van der Waals surface area contributed by atoms with Crippen LogP contribution in [-0.2, 0) is 0 Å². The van der Waals surface area contributed by atoms with E-state index in [0.29, 0.717) is 18.3 Å². The lowest BCUT2D eigenvalue weighted by Gasteiger charge is -2.12. The normalized spacial score (nSPS) is 16.1. The Bertz CT molecular complexity index is 416. The minimum Gasteiger partial charge on any atom is -0.493 e. The highest BCUT2D eigenvalue weighted by molar-refractivity contribution is 7.80. The van der Waals surface area contributed by atoms with Gasteiger partial charge in [-0.2, -0.15) is 0 Å². The summed E-state index contributed by atoms with van der Waals surface area (Å²) in [5, 5.41) is 0. The van der Waals surface area contributed by atoms with Crippen LogP contribution in [0.3, 0.4) is 0 Å². The fourth-order valence-corrected chi connectivity index (χ4v) is 2.34. The van der Waals surface area contributed by atoms with E-state index in [1.54, 1.807) is 12.1 Å². The molecule has 2 nitrogen and oxygen atoms in total. The predicted octanol–water partition coefficient (Wildman–Crippen LogP) is 3.03. The van der Waals surface area contributed by atoms with Crippen LogP contribution >= 0.6 is 12.2 Å². The maximum absolute atomic E-state index is 13.6. The largest absolute Gasteiger partial charge is 0.493 e. The number of thiocarbonyl (C=S) groups is 1. The molecule has 1 fully saturated rings. The number of halogens is 1.